The number of hydrogen-bond donors (Lipinski definition) is 0. The quantitative estimate of drug-likeness (QED) is 0.113. The highest BCUT2D eigenvalue weighted by Gasteiger charge is 2.34. The zero-order valence-corrected chi connectivity index (χ0v) is 32.2. The van der Waals surface area contributed by atoms with E-state index in [1.54, 1.807) is 28.4 Å². The zero-order chi connectivity index (χ0) is 37.3. The molecule has 0 aromatic heterocycles. The smallest absolute Gasteiger partial charge is 0.123 e. The number of benzene rings is 5. The van der Waals surface area contributed by atoms with Crippen LogP contribution in [0.3, 0.4) is 0 Å². The van der Waals surface area contributed by atoms with Crippen molar-refractivity contribution in [3.05, 3.63) is 155 Å². The number of rotatable bonds is 14. The Morgan fingerprint density at radius 2 is 0.611 bits per heavy atom. The van der Waals surface area contributed by atoms with E-state index in [1.807, 2.05) is 24.3 Å². The van der Waals surface area contributed by atoms with E-state index in [0.717, 1.165) is 88.2 Å². The highest BCUT2D eigenvalue weighted by Crippen LogP contribution is 2.38. The van der Waals surface area contributed by atoms with Crippen LogP contribution in [0.2, 0.25) is 0 Å². The summed E-state index contributed by atoms with van der Waals surface area (Å²) in [5.74, 6) is 3.71. The van der Waals surface area contributed by atoms with Gasteiger partial charge < -0.3 is 18.9 Å². The Kier molecular flexibility index (Phi) is 12.5. The van der Waals surface area contributed by atoms with Crippen molar-refractivity contribution in [2.24, 2.45) is 0 Å². The van der Waals surface area contributed by atoms with Crippen molar-refractivity contribution >= 4 is 0 Å². The molecule has 5 aromatic rings. The van der Waals surface area contributed by atoms with Gasteiger partial charge in [-0.25, -0.2) is 0 Å². The molecule has 0 amide bonds. The topological polar surface area (TPSA) is 49.9 Å². The van der Waals surface area contributed by atoms with Gasteiger partial charge in [-0.3, -0.25) is 19.6 Å². The summed E-state index contributed by atoms with van der Waals surface area (Å²) in [5.41, 5.74) is 7.35. The first-order chi connectivity index (χ1) is 26.6. The van der Waals surface area contributed by atoms with Gasteiger partial charge in [0.2, 0.25) is 0 Å². The van der Waals surface area contributed by atoms with Gasteiger partial charge in [-0.2, -0.15) is 0 Å². The van der Waals surface area contributed by atoms with Gasteiger partial charge in [0.15, 0.2) is 0 Å². The Labute approximate surface area is 321 Å². The van der Waals surface area contributed by atoms with E-state index < -0.39 is 0 Å². The Balaban J connectivity index is 1.24. The number of nitrogens with zero attached hydrogens (tertiary/aromatic N) is 4. The van der Waals surface area contributed by atoms with Crippen molar-refractivity contribution in [3.8, 4) is 23.0 Å². The van der Waals surface area contributed by atoms with Gasteiger partial charge in [-0.1, -0.05) is 97.1 Å². The molecule has 0 atom stereocenters. The van der Waals surface area contributed by atoms with Crippen LogP contribution in [0.5, 0.6) is 23.0 Å². The molecule has 54 heavy (non-hydrogen) atoms. The van der Waals surface area contributed by atoms with Crippen LogP contribution in [0.1, 0.15) is 58.6 Å². The standard InChI is InChI=1S/C46H54N4O4/c1-51-41-19-9-5-15-37(41)31-47-27-13-28-48(32-38-16-6-10-20-42(38)52-2)45(47)35-23-25-36(26-24-35)46-49(33-39-17-7-11-21-43(39)53-3)29-14-30-50(46)34-40-18-8-12-22-44(40)54-4/h5-12,15-26,45-46H,13-14,27-34H2,1-4H3. The van der Waals surface area contributed by atoms with Crippen LogP contribution in [-0.2, 0) is 26.2 Å². The summed E-state index contributed by atoms with van der Waals surface area (Å²) in [6.45, 7) is 7.15. The second-order valence-electron chi connectivity index (χ2n) is 14.3. The van der Waals surface area contributed by atoms with Gasteiger partial charge in [0, 0.05) is 74.6 Å². The van der Waals surface area contributed by atoms with Crippen molar-refractivity contribution in [1.29, 1.82) is 0 Å². The lowest BCUT2D eigenvalue weighted by atomic mass is 9.99. The minimum Gasteiger partial charge on any atom is -0.496 e. The SMILES string of the molecule is COc1ccccc1CN1CCCN(Cc2ccccc2OC)C1c1ccc(C2N(Cc3ccccc3OC)CCCN2Cc2ccccc2OC)cc1. The van der Waals surface area contributed by atoms with E-state index in [0.29, 0.717) is 0 Å². The van der Waals surface area contributed by atoms with E-state index >= 15 is 0 Å². The van der Waals surface area contributed by atoms with E-state index in [1.165, 1.54) is 33.4 Å². The third-order valence-corrected chi connectivity index (χ3v) is 11.0. The highest BCUT2D eigenvalue weighted by atomic mass is 16.5. The lowest BCUT2D eigenvalue weighted by molar-refractivity contribution is -0.0118. The van der Waals surface area contributed by atoms with E-state index in [2.05, 4.69) is 117 Å². The third kappa shape index (κ3) is 8.43. The number of para-hydroxylation sites is 4. The van der Waals surface area contributed by atoms with Gasteiger partial charge in [0.25, 0.3) is 0 Å². The van der Waals surface area contributed by atoms with Crippen LogP contribution < -0.4 is 18.9 Å². The molecule has 2 aliphatic heterocycles. The molecular formula is C46H54N4O4. The van der Waals surface area contributed by atoms with Crippen LogP contribution in [0, 0.1) is 0 Å². The minimum atomic E-state index is 0.0725. The predicted octanol–water partition coefficient (Wildman–Crippen LogP) is 8.53. The van der Waals surface area contributed by atoms with Crippen LogP contribution >= 0.6 is 0 Å². The molecule has 2 aliphatic rings. The molecule has 0 bridgehead atoms. The normalized spacial score (nSPS) is 16.7. The molecule has 0 radical (unpaired) electrons. The second kappa shape index (κ2) is 18.0. The van der Waals surface area contributed by atoms with Crippen molar-refractivity contribution in [2.45, 2.75) is 51.4 Å². The Bertz CT molecular complexity index is 1700. The summed E-state index contributed by atoms with van der Waals surface area (Å²) < 4.78 is 23.3. The lowest BCUT2D eigenvalue weighted by Crippen LogP contribution is -2.47. The Morgan fingerprint density at radius 1 is 0.370 bits per heavy atom. The van der Waals surface area contributed by atoms with Crippen LogP contribution in [-0.4, -0.2) is 74.2 Å². The molecule has 2 heterocycles. The molecule has 282 valence electrons. The van der Waals surface area contributed by atoms with E-state index in [9.17, 15) is 0 Å². The third-order valence-electron chi connectivity index (χ3n) is 11.0. The summed E-state index contributed by atoms with van der Waals surface area (Å²) in [4.78, 5) is 10.4. The van der Waals surface area contributed by atoms with Crippen molar-refractivity contribution in [1.82, 2.24) is 19.6 Å². The van der Waals surface area contributed by atoms with E-state index in [4.69, 9.17) is 18.9 Å². The first-order valence-electron chi connectivity index (χ1n) is 19.1. The molecule has 0 saturated carbocycles. The number of hydrogen-bond acceptors (Lipinski definition) is 8. The highest BCUT2D eigenvalue weighted by molar-refractivity contribution is 5.37. The first-order valence-corrected chi connectivity index (χ1v) is 19.1. The molecule has 0 spiro atoms. The molecule has 0 N–H and O–H groups in total. The summed E-state index contributed by atoms with van der Waals surface area (Å²) >= 11 is 0. The molecule has 7 rings (SSSR count). The van der Waals surface area contributed by atoms with Crippen LogP contribution in [0.4, 0.5) is 0 Å². The summed E-state index contributed by atoms with van der Waals surface area (Å²) in [5, 5.41) is 0. The fourth-order valence-corrected chi connectivity index (χ4v) is 8.46. The van der Waals surface area contributed by atoms with E-state index in [-0.39, 0.29) is 12.3 Å². The molecule has 0 aliphatic carbocycles. The molecule has 2 fully saturated rings. The summed E-state index contributed by atoms with van der Waals surface area (Å²) in [7, 11) is 7.05. The largest absolute Gasteiger partial charge is 0.496 e. The fourth-order valence-electron chi connectivity index (χ4n) is 8.46. The summed E-state index contributed by atoms with van der Waals surface area (Å²) in [6.07, 6.45) is 2.31. The van der Waals surface area contributed by atoms with Crippen LogP contribution in [0.15, 0.2) is 121 Å². The average molecular weight is 727 g/mol. The maximum atomic E-state index is 5.82. The number of methoxy groups -OCH3 is 4. The molecule has 2 saturated heterocycles. The molecule has 8 nitrogen and oxygen atoms in total. The molecular weight excluding hydrogens is 673 g/mol. The lowest BCUT2D eigenvalue weighted by Gasteiger charge is -2.46. The second-order valence-corrected chi connectivity index (χ2v) is 14.3. The number of ether oxygens (including phenoxy) is 4. The summed E-state index contributed by atoms with van der Waals surface area (Å²) in [6, 6.07) is 43.1. The fraction of sp³-hybridized carbons (Fsp3) is 0.348. The maximum Gasteiger partial charge on any atom is 0.123 e. The Hall–Kier alpha value is -4.86. The van der Waals surface area contributed by atoms with Crippen molar-refractivity contribution in [3.63, 3.8) is 0 Å². The molecule has 8 heteroatoms. The van der Waals surface area contributed by atoms with Crippen molar-refractivity contribution < 1.29 is 18.9 Å². The average Bonchev–Trinajstić information content (AvgIpc) is 3.22. The van der Waals surface area contributed by atoms with Gasteiger partial charge >= 0.3 is 0 Å². The molecule has 5 aromatic carbocycles. The van der Waals surface area contributed by atoms with Gasteiger partial charge in [-0.05, 0) is 48.2 Å². The van der Waals surface area contributed by atoms with Gasteiger partial charge in [0.05, 0.1) is 40.8 Å². The van der Waals surface area contributed by atoms with Crippen LogP contribution in [0.25, 0.3) is 0 Å². The maximum absolute atomic E-state index is 5.82. The monoisotopic (exact) mass is 726 g/mol. The van der Waals surface area contributed by atoms with Crippen molar-refractivity contribution in [2.75, 3.05) is 54.6 Å². The predicted molar refractivity (Wildman–Crippen MR) is 215 cm³/mol. The Morgan fingerprint density at radius 3 is 0.852 bits per heavy atom. The minimum absolute atomic E-state index is 0.0725. The van der Waals surface area contributed by atoms with Gasteiger partial charge in [-0.15, -0.1) is 0 Å². The van der Waals surface area contributed by atoms with Gasteiger partial charge in [0.1, 0.15) is 23.0 Å². The molecule has 0 unspecified atom stereocenters. The first kappa shape index (κ1) is 37.5. The zero-order valence-electron chi connectivity index (χ0n) is 32.2.